The maximum atomic E-state index is 12.4. The highest BCUT2D eigenvalue weighted by Gasteiger charge is 2.52. The number of benzene rings is 1. The summed E-state index contributed by atoms with van der Waals surface area (Å²) in [6, 6.07) is 8.79. The number of para-hydroxylation sites is 1. The maximum Gasteiger partial charge on any atom is 0.409 e. The third-order valence-electron chi connectivity index (χ3n) is 3.15. The number of amides is 2. The second-order valence-corrected chi connectivity index (χ2v) is 5.87. The minimum Gasteiger partial charge on any atom is -0.444 e. The number of alkyl carbamates (subject to hydrolysis) is 1. The van der Waals surface area contributed by atoms with Crippen LogP contribution in [0, 0.1) is 11.3 Å². The molecule has 0 aliphatic carbocycles. The molecular formula is C15H17N3O3. The molecule has 1 aliphatic rings. The van der Waals surface area contributed by atoms with Gasteiger partial charge in [0.1, 0.15) is 11.7 Å². The minimum atomic E-state index is -1.74. The molecule has 1 aromatic carbocycles. The van der Waals surface area contributed by atoms with Gasteiger partial charge in [-0.1, -0.05) is 18.2 Å². The molecule has 2 rings (SSSR count). The first-order chi connectivity index (χ1) is 9.71. The van der Waals surface area contributed by atoms with Crippen molar-refractivity contribution in [1.82, 2.24) is 5.32 Å². The molecule has 0 spiro atoms. The summed E-state index contributed by atoms with van der Waals surface area (Å²) in [5.74, 6) is -0.503. The number of nitrogens with zero attached hydrogens (tertiary/aromatic N) is 2. The molecule has 0 saturated heterocycles. The number of carbonyl (C=O) groups excluding carboxylic acids is 2. The third-order valence-corrected chi connectivity index (χ3v) is 3.15. The number of hydrogen-bond donors (Lipinski definition) is 1. The minimum absolute atomic E-state index is 0.450. The van der Waals surface area contributed by atoms with Crippen molar-refractivity contribution in [3.63, 3.8) is 0 Å². The van der Waals surface area contributed by atoms with Gasteiger partial charge < -0.3 is 9.64 Å². The summed E-state index contributed by atoms with van der Waals surface area (Å²) in [6.07, 6.45) is -0.803. The van der Waals surface area contributed by atoms with Gasteiger partial charge in [-0.25, -0.2) is 4.79 Å². The first kappa shape index (κ1) is 14.9. The molecule has 1 aromatic rings. The average molecular weight is 287 g/mol. The summed E-state index contributed by atoms with van der Waals surface area (Å²) in [5, 5.41) is 12.0. The van der Waals surface area contributed by atoms with Crippen molar-refractivity contribution in [2.45, 2.75) is 31.9 Å². The molecule has 21 heavy (non-hydrogen) atoms. The maximum absolute atomic E-state index is 12.4. The van der Waals surface area contributed by atoms with E-state index in [1.54, 1.807) is 52.1 Å². The zero-order valence-corrected chi connectivity index (χ0v) is 12.4. The Hall–Kier alpha value is -2.55. The highest BCUT2D eigenvalue weighted by molar-refractivity contribution is 6.10. The van der Waals surface area contributed by atoms with Crippen LogP contribution in [0.25, 0.3) is 0 Å². The molecule has 0 radical (unpaired) electrons. The summed E-state index contributed by atoms with van der Waals surface area (Å²) in [6.45, 7) is 5.13. The van der Waals surface area contributed by atoms with Crippen LogP contribution in [-0.2, 0) is 15.1 Å². The van der Waals surface area contributed by atoms with Crippen LogP contribution in [-0.4, -0.2) is 24.6 Å². The van der Waals surface area contributed by atoms with Gasteiger partial charge in [0.05, 0.1) is 5.69 Å². The van der Waals surface area contributed by atoms with E-state index in [9.17, 15) is 14.9 Å². The van der Waals surface area contributed by atoms with Crippen molar-refractivity contribution in [2.75, 3.05) is 11.9 Å². The smallest absolute Gasteiger partial charge is 0.409 e. The van der Waals surface area contributed by atoms with E-state index < -0.39 is 23.1 Å². The number of ether oxygens (including phenoxy) is 1. The molecule has 2 amide bonds. The van der Waals surface area contributed by atoms with E-state index in [1.807, 2.05) is 6.07 Å². The summed E-state index contributed by atoms with van der Waals surface area (Å²) in [7, 11) is 1.57. The Kier molecular flexibility index (Phi) is 3.38. The second-order valence-electron chi connectivity index (χ2n) is 5.87. The van der Waals surface area contributed by atoms with Crippen LogP contribution < -0.4 is 10.2 Å². The third kappa shape index (κ3) is 2.42. The highest BCUT2D eigenvalue weighted by atomic mass is 16.6. The summed E-state index contributed by atoms with van der Waals surface area (Å²) in [4.78, 5) is 25.8. The number of carbonyl (C=O) groups is 2. The highest BCUT2D eigenvalue weighted by Crippen LogP contribution is 2.39. The average Bonchev–Trinajstić information content (AvgIpc) is 2.60. The van der Waals surface area contributed by atoms with E-state index in [0.717, 1.165) is 0 Å². The fourth-order valence-corrected chi connectivity index (χ4v) is 2.27. The molecule has 1 atom stereocenters. The van der Waals surface area contributed by atoms with Gasteiger partial charge in [-0.05, 0) is 26.8 Å². The lowest BCUT2D eigenvalue weighted by molar-refractivity contribution is -0.122. The van der Waals surface area contributed by atoms with Gasteiger partial charge in [0.15, 0.2) is 0 Å². The molecule has 0 aromatic heterocycles. The lowest BCUT2D eigenvalue weighted by atomic mass is 9.93. The zero-order chi connectivity index (χ0) is 15.8. The number of likely N-dealkylation sites (N-methyl/N-ethyl adjacent to an activating group) is 1. The zero-order valence-electron chi connectivity index (χ0n) is 12.4. The van der Waals surface area contributed by atoms with Gasteiger partial charge in [-0.3, -0.25) is 10.1 Å². The van der Waals surface area contributed by atoms with Crippen LogP contribution in [0.4, 0.5) is 10.5 Å². The molecule has 0 saturated carbocycles. The summed E-state index contributed by atoms with van der Waals surface area (Å²) < 4.78 is 5.15. The SMILES string of the molecule is CN1C(=O)[C@@](C#N)(NC(=O)OC(C)(C)C)c2ccccc21. The lowest BCUT2D eigenvalue weighted by Crippen LogP contribution is -2.52. The Morgan fingerprint density at radius 1 is 1.38 bits per heavy atom. The Balaban J connectivity index is 2.41. The number of nitriles is 1. The molecule has 110 valence electrons. The Bertz CT molecular complexity index is 642. The topological polar surface area (TPSA) is 82.4 Å². The number of hydrogen-bond acceptors (Lipinski definition) is 4. The molecule has 1 heterocycles. The first-order valence-corrected chi connectivity index (χ1v) is 6.51. The van der Waals surface area contributed by atoms with Gasteiger partial charge in [0.2, 0.25) is 5.54 Å². The predicted octanol–water partition coefficient (Wildman–Crippen LogP) is 1.91. The lowest BCUT2D eigenvalue weighted by Gasteiger charge is -2.25. The molecular weight excluding hydrogens is 270 g/mol. The number of fused-ring (bicyclic) bond motifs is 1. The molecule has 1 aliphatic heterocycles. The molecule has 0 bridgehead atoms. The quantitative estimate of drug-likeness (QED) is 0.855. The summed E-state index contributed by atoms with van der Waals surface area (Å²) in [5.41, 5.74) is -1.41. The van der Waals surface area contributed by atoms with Crippen LogP contribution in [0.15, 0.2) is 24.3 Å². The number of nitrogens with one attached hydrogen (secondary N) is 1. The monoisotopic (exact) mass is 287 g/mol. The fraction of sp³-hybridized carbons (Fsp3) is 0.400. The number of anilines is 1. The van der Waals surface area contributed by atoms with E-state index in [4.69, 9.17) is 4.74 Å². The van der Waals surface area contributed by atoms with E-state index in [0.29, 0.717) is 11.3 Å². The van der Waals surface area contributed by atoms with Gasteiger partial charge in [0.25, 0.3) is 5.91 Å². The Morgan fingerprint density at radius 2 is 2.00 bits per heavy atom. The van der Waals surface area contributed by atoms with Crippen LogP contribution in [0.3, 0.4) is 0 Å². The van der Waals surface area contributed by atoms with Crippen molar-refractivity contribution in [3.8, 4) is 6.07 Å². The van der Waals surface area contributed by atoms with Gasteiger partial charge in [-0.15, -0.1) is 0 Å². The van der Waals surface area contributed by atoms with E-state index in [2.05, 4.69) is 5.32 Å². The molecule has 0 unspecified atom stereocenters. The van der Waals surface area contributed by atoms with E-state index in [-0.39, 0.29) is 0 Å². The summed E-state index contributed by atoms with van der Waals surface area (Å²) >= 11 is 0. The fourth-order valence-electron chi connectivity index (χ4n) is 2.27. The number of rotatable bonds is 1. The van der Waals surface area contributed by atoms with Crippen LogP contribution in [0.2, 0.25) is 0 Å². The molecule has 1 N–H and O–H groups in total. The largest absolute Gasteiger partial charge is 0.444 e. The van der Waals surface area contributed by atoms with Crippen molar-refractivity contribution < 1.29 is 14.3 Å². The Morgan fingerprint density at radius 3 is 2.57 bits per heavy atom. The molecule has 6 nitrogen and oxygen atoms in total. The van der Waals surface area contributed by atoms with Crippen LogP contribution in [0.1, 0.15) is 26.3 Å². The van der Waals surface area contributed by atoms with Crippen LogP contribution in [0.5, 0.6) is 0 Å². The normalized spacial score (nSPS) is 20.7. The van der Waals surface area contributed by atoms with Crippen molar-refractivity contribution in [1.29, 1.82) is 5.26 Å². The van der Waals surface area contributed by atoms with Gasteiger partial charge >= 0.3 is 6.09 Å². The predicted molar refractivity (Wildman–Crippen MR) is 76.5 cm³/mol. The van der Waals surface area contributed by atoms with Crippen LogP contribution >= 0.6 is 0 Å². The Labute approximate surface area is 123 Å². The molecule has 6 heteroatoms. The standard InChI is InChI=1S/C15H17N3O3/c1-14(2,3)21-13(20)17-15(9-16)10-7-5-6-8-11(10)18(4)12(15)19/h5-8H,1-4H3,(H,17,20)/t15-/m0/s1. The van der Waals surface area contributed by atoms with Crippen molar-refractivity contribution in [3.05, 3.63) is 29.8 Å². The van der Waals surface area contributed by atoms with Crippen molar-refractivity contribution >= 4 is 17.7 Å². The van der Waals surface area contributed by atoms with E-state index >= 15 is 0 Å². The second kappa shape index (κ2) is 4.77. The first-order valence-electron chi connectivity index (χ1n) is 6.51. The van der Waals surface area contributed by atoms with Gasteiger partial charge in [0, 0.05) is 12.6 Å². The van der Waals surface area contributed by atoms with Gasteiger partial charge in [-0.2, -0.15) is 5.26 Å². The molecule has 0 fully saturated rings. The van der Waals surface area contributed by atoms with Crippen molar-refractivity contribution in [2.24, 2.45) is 0 Å². The van der Waals surface area contributed by atoms with E-state index in [1.165, 1.54) is 4.90 Å².